The molecule has 1 aromatic rings. The number of ether oxygens (including phenoxy) is 1. The van der Waals surface area contributed by atoms with E-state index < -0.39 is 5.91 Å². The van der Waals surface area contributed by atoms with Crippen LogP contribution in [0.15, 0.2) is 53.1 Å². The number of amides is 1. The number of aliphatic imine (C=N–C) groups is 1. The molecule has 2 atom stereocenters. The fourth-order valence-corrected chi connectivity index (χ4v) is 2.46. The van der Waals surface area contributed by atoms with Crippen LogP contribution in [0.2, 0.25) is 0 Å². The van der Waals surface area contributed by atoms with E-state index in [9.17, 15) is 4.79 Å². The zero-order valence-electron chi connectivity index (χ0n) is 14.9. The molecule has 0 bridgehead atoms. The first-order valence-electron chi connectivity index (χ1n) is 8.33. The van der Waals surface area contributed by atoms with Crippen LogP contribution >= 0.6 is 0 Å². The van der Waals surface area contributed by atoms with Crippen LogP contribution in [-0.2, 0) is 9.53 Å². The Bertz CT molecular complexity index is 711. The first-order chi connectivity index (χ1) is 12.4. The molecule has 0 aromatic heterocycles. The number of aryl methyl sites for hydroxylation is 1. The predicted molar refractivity (Wildman–Crippen MR) is 103 cm³/mol. The molecule has 1 heterocycles. The molecule has 2 rings (SSSR count). The fraction of sp³-hybridized carbons (Fsp3) is 0.333. The van der Waals surface area contributed by atoms with Gasteiger partial charge < -0.3 is 32.6 Å². The zero-order chi connectivity index (χ0) is 19.1. The number of rotatable bonds is 7. The van der Waals surface area contributed by atoms with Gasteiger partial charge in [0, 0.05) is 30.6 Å². The Morgan fingerprint density at radius 1 is 1.35 bits per heavy atom. The summed E-state index contributed by atoms with van der Waals surface area (Å²) in [5.41, 5.74) is 19.3. The minimum absolute atomic E-state index is 0.0115. The van der Waals surface area contributed by atoms with E-state index in [1.165, 1.54) is 6.21 Å². The van der Waals surface area contributed by atoms with E-state index in [4.69, 9.17) is 21.9 Å². The number of nitrogens with one attached hydrogen (secondary N) is 2. The smallest absolute Gasteiger partial charge is 0.253 e. The molecule has 140 valence electrons. The van der Waals surface area contributed by atoms with E-state index in [-0.39, 0.29) is 23.5 Å². The Morgan fingerprint density at radius 2 is 2.04 bits per heavy atom. The number of primary amides is 1. The number of carbonyl (C=O) groups excluding carboxylic acids is 1. The summed E-state index contributed by atoms with van der Waals surface area (Å²) in [4.78, 5) is 15.9. The second-order valence-electron chi connectivity index (χ2n) is 6.17. The Balaban J connectivity index is 2.05. The largest absolute Gasteiger partial charge is 0.385 e. The molecule has 8 heteroatoms. The van der Waals surface area contributed by atoms with Gasteiger partial charge in [0.15, 0.2) is 0 Å². The standard InChI is InChI=1S/C18H26N6O2/c1-11-3-5-13(6-4-11)24-17(20)14(18(21)25)9-22-12(2)23-16-7-8-26-10-15(16)19/h3-6,9,15-16,23-24H,2,7-8,10,19-20H2,1H3,(H2,21,25)/b17-14-,22-9-/t15-,16?/m0/s1. The molecule has 8 N–H and O–H groups in total. The van der Waals surface area contributed by atoms with Crippen molar-refractivity contribution in [2.45, 2.75) is 25.4 Å². The highest BCUT2D eigenvalue weighted by Crippen LogP contribution is 2.11. The van der Waals surface area contributed by atoms with Gasteiger partial charge in [0.25, 0.3) is 5.91 Å². The van der Waals surface area contributed by atoms with Gasteiger partial charge in [-0.05, 0) is 25.5 Å². The summed E-state index contributed by atoms with van der Waals surface area (Å²) in [5.74, 6) is -0.212. The van der Waals surface area contributed by atoms with Gasteiger partial charge in [-0.2, -0.15) is 0 Å². The van der Waals surface area contributed by atoms with Crippen molar-refractivity contribution in [2.75, 3.05) is 18.5 Å². The van der Waals surface area contributed by atoms with E-state index in [0.29, 0.717) is 19.0 Å². The normalized spacial score (nSPS) is 21.2. The minimum Gasteiger partial charge on any atom is -0.385 e. The summed E-state index contributed by atoms with van der Waals surface area (Å²) >= 11 is 0. The summed E-state index contributed by atoms with van der Waals surface area (Å²) < 4.78 is 5.29. The van der Waals surface area contributed by atoms with Crippen molar-refractivity contribution in [1.82, 2.24) is 5.32 Å². The lowest BCUT2D eigenvalue weighted by atomic mass is 10.0. The molecule has 1 aliphatic heterocycles. The lowest BCUT2D eigenvalue weighted by Crippen LogP contribution is -2.50. The fourth-order valence-electron chi connectivity index (χ4n) is 2.46. The van der Waals surface area contributed by atoms with Crippen LogP contribution in [0.3, 0.4) is 0 Å². The molecular weight excluding hydrogens is 332 g/mol. The van der Waals surface area contributed by atoms with E-state index in [1.807, 2.05) is 31.2 Å². The second-order valence-corrected chi connectivity index (χ2v) is 6.17. The maximum absolute atomic E-state index is 11.7. The molecule has 1 unspecified atom stereocenters. The SMILES string of the molecule is C=C(/N=C\C(C(N)=O)=C(/N)Nc1ccc(C)cc1)NC1CCOC[C@@H]1N. The molecule has 1 saturated heterocycles. The van der Waals surface area contributed by atoms with Crippen molar-refractivity contribution in [3.05, 3.63) is 53.6 Å². The molecule has 1 amide bonds. The van der Waals surface area contributed by atoms with Crippen molar-refractivity contribution in [3.63, 3.8) is 0 Å². The third kappa shape index (κ3) is 5.61. The molecule has 8 nitrogen and oxygen atoms in total. The van der Waals surface area contributed by atoms with Crippen molar-refractivity contribution in [1.29, 1.82) is 0 Å². The Labute approximate surface area is 153 Å². The molecular formula is C18H26N6O2. The van der Waals surface area contributed by atoms with Gasteiger partial charge in [-0.1, -0.05) is 24.3 Å². The van der Waals surface area contributed by atoms with Gasteiger partial charge in [-0.25, -0.2) is 4.99 Å². The van der Waals surface area contributed by atoms with Crippen LogP contribution in [0.25, 0.3) is 0 Å². The topological polar surface area (TPSA) is 141 Å². The summed E-state index contributed by atoms with van der Waals surface area (Å²) in [6, 6.07) is 7.43. The number of benzene rings is 1. The molecule has 26 heavy (non-hydrogen) atoms. The summed E-state index contributed by atoms with van der Waals surface area (Å²) in [5, 5.41) is 6.07. The first-order valence-corrected chi connectivity index (χ1v) is 8.33. The summed E-state index contributed by atoms with van der Waals surface area (Å²) in [6.07, 6.45) is 2.05. The number of hydrogen-bond acceptors (Lipinski definition) is 7. The molecule has 0 spiro atoms. The molecule has 0 aliphatic carbocycles. The van der Waals surface area contributed by atoms with Gasteiger partial charge in [0.05, 0.1) is 12.2 Å². The first kappa shape index (κ1) is 19.5. The molecule has 0 saturated carbocycles. The van der Waals surface area contributed by atoms with Crippen molar-refractivity contribution in [3.8, 4) is 0 Å². The van der Waals surface area contributed by atoms with E-state index >= 15 is 0 Å². The lowest BCUT2D eigenvalue weighted by Gasteiger charge is -2.29. The number of anilines is 1. The maximum Gasteiger partial charge on any atom is 0.253 e. The Kier molecular flexibility index (Phi) is 6.76. The molecule has 1 aromatic carbocycles. The van der Waals surface area contributed by atoms with Crippen LogP contribution in [0.4, 0.5) is 5.69 Å². The molecule has 1 aliphatic rings. The van der Waals surface area contributed by atoms with Crippen LogP contribution in [0.5, 0.6) is 0 Å². The van der Waals surface area contributed by atoms with Gasteiger partial charge in [0.2, 0.25) is 0 Å². The molecule has 0 radical (unpaired) electrons. The monoisotopic (exact) mass is 358 g/mol. The highest BCUT2D eigenvalue weighted by atomic mass is 16.5. The van der Waals surface area contributed by atoms with Crippen molar-refractivity contribution >= 4 is 17.8 Å². The Hall–Kier alpha value is -2.84. The third-order valence-electron chi connectivity index (χ3n) is 3.99. The maximum atomic E-state index is 11.7. The predicted octanol–water partition coefficient (Wildman–Crippen LogP) is 0.310. The van der Waals surface area contributed by atoms with Gasteiger partial charge in [-0.3, -0.25) is 4.79 Å². The highest BCUT2D eigenvalue weighted by Gasteiger charge is 2.22. The van der Waals surface area contributed by atoms with Gasteiger partial charge >= 0.3 is 0 Å². The van der Waals surface area contributed by atoms with Crippen LogP contribution < -0.4 is 27.8 Å². The lowest BCUT2D eigenvalue weighted by molar-refractivity contribution is -0.114. The second kappa shape index (κ2) is 9.02. The number of hydrogen-bond donors (Lipinski definition) is 5. The number of nitrogens with zero attached hydrogens (tertiary/aromatic N) is 1. The van der Waals surface area contributed by atoms with E-state index in [0.717, 1.165) is 17.7 Å². The Morgan fingerprint density at radius 3 is 2.65 bits per heavy atom. The van der Waals surface area contributed by atoms with Gasteiger partial charge in [-0.15, -0.1) is 0 Å². The molecule has 1 fully saturated rings. The average molecular weight is 358 g/mol. The quantitative estimate of drug-likeness (QED) is 0.351. The van der Waals surface area contributed by atoms with Gasteiger partial charge in [0.1, 0.15) is 11.6 Å². The summed E-state index contributed by atoms with van der Waals surface area (Å²) in [6.45, 7) is 6.91. The highest BCUT2D eigenvalue weighted by molar-refractivity contribution is 6.12. The minimum atomic E-state index is -0.693. The third-order valence-corrected chi connectivity index (χ3v) is 3.99. The zero-order valence-corrected chi connectivity index (χ0v) is 14.9. The number of carbonyl (C=O) groups is 1. The van der Waals surface area contributed by atoms with Crippen LogP contribution in [0, 0.1) is 6.92 Å². The van der Waals surface area contributed by atoms with Crippen molar-refractivity contribution < 1.29 is 9.53 Å². The van der Waals surface area contributed by atoms with E-state index in [2.05, 4.69) is 22.2 Å². The average Bonchev–Trinajstić information content (AvgIpc) is 2.59. The van der Waals surface area contributed by atoms with Crippen LogP contribution in [-0.4, -0.2) is 37.4 Å². The van der Waals surface area contributed by atoms with E-state index in [1.54, 1.807) is 0 Å². The van der Waals surface area contributed by atoms with Crippen LogP contribution in [0.1, 0.15) is 12.0 Å². The summed E-state index contributed by atoms with van der Waals surface area (Å²) in [7, 11) is 0. The van der Waals surface area contributed by atoms with Crippen molar-refractivity contribution in [2.24, 2.45) is 22.2 Å². The number of nitrogens with two attached hydrogens (primary N) is 3.